The molecule has 1 N–H and O–H groups in total. The van der Waals surface area contributed by atoms with Gasteiger partial charge in [0.05, 0.1) is 19.2 Å². The van der Waals surface area contributed by atoms with Gasteiger partial charge in [0.2, 0.25) is 0 Å². The Balaban J connectivity index is 1.61. The van der Waals surface area contributed by atoms with Gasteiger partial charge in [0, 0.05) is 55.6 Å². The third kappa shape index (κ3) is 3.73. The van der Waals surface area contributed by atoms with E-state index in [1.165, 1.54) is 18.7 Å². The van der Waals surface area contributed by atoms with Gasteiger partial charge in [-0.2, -0.15) is 0 Å². The van der Waals surface area contributed by atoms with Crippen molar-refractivity contribution in [2.45, 2.75) is 38.1 Å². The normalized spacial score (nSPS) is 18.0. The smallest absolute Gasteiger partial charge is 0.167 e. The van der Waals surface area contributed by atoms with Crippen molar-refractivity contribution in [2.24, 2.45) is 0 Å². The maximum atomic E-state index is 14.2. The Bertz CT molecular complexity index is 819. The highest BCUT2D eigenvalue weighted by Gasteiger charge is 2.25. The number of halogens is 1. The lowest BCUT2D eigenvalue weighted by Crippen LogP contribution is -2.40. The van der Waals surface area contributed by atoms with Gasteiger partial charge in [-0.25, -0.2) is 4.39 Å². The van der Waals surface area contributed by atoms with Crippen LogP contribution >= 0.6 is 0 Å². The van der Waals surface area contributed by atoms with Crippen LogP contribution in [0.2, 0.25) is 0 Å². The topological polar surface area (TPSA) is 46.6 Å². The summed E-state index contributed by atoms with van der Waals surface area (Å²) in [5.74, 6) is -0.0764. The van der Waals surface area contributed by atoms with Gasteiger partial charge < -0.3 is 19.7 Å². The summed E-state index contributed by atoms with van der Waals surface area (Å²) in [6, 6.07) is 3.73. The first-order valence-corrected chi connectivity index (χ1v) is 9.86. The molecule has 0 bridgehead atoms. The van der Waals surface area contributed by atoms with Gasteiger partial charge in [-0.3, -0.25) is 4.98 Å². The summed E-state index contributed by atoms with van der Waals surface area (Å²) < 4.78 is 24.6. The number of nitrogens with one attached hydrogen (secondary N) is 1. The molecule has 4 rings (SSSR count). The Hall–Kier alpha value is -1.92. The van der Waals surface area contributed by atoms with Gasteiger partial charge >= 0.3 is 0 Å². The number of anilines is 1. The minimum Gasteiger partial charge on any atom is -0.494 e. The molecule has 5 nitrogen and oxygen atoms in total. The van der Waals surface area contributed by atoms with Crippen LogP contribution < -0.4 is 10.1 Å². The summed E-state index contributed by atoms with van der Waals surface area (Å²) in [7, 11) is 3.26. The van der Waals surface area contributed by atoms with Gasteiger partial charge in [-0.15, -0.1) is 0 Å². The fraction of sp³-hybridized carbons (Fsp3) is 0.571. The maximum Gasteiger partial charge on any atom is 0.167 e. The van der Waals surface area contributed by atoms with Crippen molar-refractivity contribution in [1.29, 1.82) is 0 Å². The third-order valence-corrected chi connectivity index (χ3v) is 5.83. The van der Waals surface area contributed by atoms with Crippen LogP contribution in [-0.2, 0) is 17.6 Å². The number of hydrogen-bond donors (Lipinski definition) is 1. The predicted molar refractivity (Wildman–Crippen MR) is 105 cm³/mol. The van der Waals surface area contributed by atoms with Gasteiger partial charge in [0.25, 0.3) is 0 Å². The van der Waals surface area contributed by atoms with Crippen LogP contribution in [0.15, 0.2) is 12.1 Å². The molecular weight excluding hydrogens is 345 g/mol. The molecule has 6 heteroatoms. The highest BCUT2D eigenvalue weighted by molar-refractivity contribution is 5.95. The van der Waals surface area contributed by atoms with E-state index in [9.17, 15) is 4.39 Å². The molecule has 0 atom stereocenters. The first-order chi connectivity index (χ1) is 13.2. The largest absolute Gasteiger partial charge is 0.494 e. The minimum absolute atomic E-state index is 0.277. The van der Waals surface area contributed by atoms with E-state index in [1.54, 1.807) is 13.2 Å². The van der Waals surface area contributed by atoms with E-state index in [2.05, 4.69) is 10.2 Å². The van der Waals surface area contributed by atoms with Crippen LogP contribution in [-0.4, -0.2) is 56.4 Å². The van der Waals surface area contributed by atoms with Crippen molar-refractivity contribution in [3.8, 4) is 5.75 Å². The summed E-state index contributed by atoms with van der Waals surface area (Å²) in [4.78, 5) is 7.19. The molecule has 0 saturated carbocycles. The van der Waals surface area contributed by atoms with Crippen molar-refractivity contribution in [1.82, 2.24) is 9.88 Å². The first kappa shape index (κ1) is 18.4. The molecule has 2 aromatic rings. The average Bonchev–Trinajstić information content (AvgIpc) is 3.15. The molecule has 0 unspecified atom stereocenters. The Kier molecular flexibility index (Phi) is 5.45. The van der Waals surface area contributed by atoms with Gasteiger partial charge in [0.15, 0.2) is 11.6 Å². The van der Waals surface area contributed by atoms with Crippen molar-refractivity contribution in [3.63, 3.8) is 0 Å². The Morgan fingerprint density at radius 1 is 1.22 bits per heavy atom. The number of hydrogen-bond acceptors (Lipinski definition) is 5. The molecule has 2 aliphatic rings. The zero-order valence-corrected chi connectivity index (χ0v) is 16.2. The second-order valence-corrected chi connectivity index (χ2v) is 7.52. The molecule has 1 aliphatic carbocycles. The minimum atomic E-state index is -0.354. The van der Waals surface area contributed by atoms with Gasteiger partial charge in [-0.1, -0.05) is 0 Å². The van der Waals surface area contributed by atoms with E-state index in [-0.39, 0.29) is 11.6 Å². The number of aromatic nitrogens is 1. The molecule has 1 saturated heterocycles. The van der Waals surface area contributed by atoms with E-state index < -0.39 is 0 Å². The van der Waals surface area contributed by atoms with Gasteiger partial charge in [0.1, 0.15) is 0 Å². The third-order valence-electron chi connectivity index (χ3n) is 5.83. The predicted octanol–water partition coefficient (Wildman–Crippen LogP) is 3.39. The number of fused-ring (bicyclic) bond motifs is 2. The molecule has 1 aromatic heterocycles. The monoisotopic (exact) mass is 373 g/mol. The standard InChI is InChI=1S/C21H28FN3O2/c1-26-11-10-25-8-6-14(7-9-25)23-21-15-4-3-5-18(15)24-19-13-17(22)20(27-2)12-16(19)21/h12-14H,3-11H2,1-2H3,(H,23,24). The Morgan fingerprint density at radius 3 is 2.78 bits per heavy atom. The highest BCUT2D eigenvalue weighted by atomic mass is 19.1. The summed E-state index contributed by atoms with van der Waals surface area (Å²) in [5.41, 5.74) is 4.28. The van der Waals surface area contributed by atoms with E-state index in [1.807, 2.05) is 0 Å². The number of rotatable bonds is 6. The van der Waals surface area contributed by atoms with E-state index in [4.69, 9.17) is 14.5 Å². The van der Waals surface area contributed by atoms with Crippen LogP contribution in [0.25, 0.3) is 10.9 Å². The number of ether oxygens (including phenoxy) is 2. The van der Waals surface area contributed by atoms with Crippen LogP contribution in [0, 0.1) is 5.82 Å². The summed E-state index contributed by atoms with van der Waals surface area (Å²) in [6.07, 6.45) is 5.32. The molecule has 0 spiro atoms. The van der Waals surface area contributed by atoms with E-state index in [0.29, 0.717) is 11.6 Å². The number of piperidine rings is 1. The van der Waals surface area contributed by atoms with Crippen LogP contribution in [0.5, 0.6) is 5.75 Å². The SMILES string of the molecule is COCCN1CCC(Nc2c3c(nc4cc(F)c(OC)cc24)CCC3)CC1. The number of aryl methyl sites for hydroxylation is 1. The molecule has 1 aromatic carbocycles. The Labute approximate surface area is 159 Å². The van der Waals surface area contributed by atoms with E-state index >= 15 is 0 Å². The zero-order chi connectivity index (χ0) is 18.8. The van der Waals surface area contributed by atoms with Crippen molar-refractivity contribution < 1.29 is 13.9 Å². The number of benzene rings is 1. The first-order valence-electron chi connectivity index (χ1n) is 9.86. The van der Waals surface area contributed by atoms with Crippen molar-refractivity contribution in [2.75, 3.05) is 45.8 Å². The molecule has 27 heavy (non-hydrogen) atoms. The fourth-order valence-electron chi connectivity index (χ4n) is 4.31. The molecule has 0 radical (unpaired) electrons. The molecule has 1 aliphatic heterocycles. The van der Waals surface area contributed by atoms with Crippen LogP contribution in [0.4, 0.5) is 10.1 Å². The number of methoxy groups -OCH3 is 2. The van der Waals surface area contributed by atoms with E-state index in [0.717, 1.165) is 75.1 Å². The Morgan fingerprint density at radius 2 is 2.04 bits per heavy atom. The molecule has 146 valence electrons. The number of pyridine rings is 1. The lowest BCUT2D eigenvalue weighted by atomic mass is 10.0. The zero-order valence-electron chi connectivity index (χ0n) is 16.2. The quantitative estimate of drug-likeness (QED) is 0.841. The van der Waals surface area contributed by atoms with Crippen molar-refractivity contribution >= 4 is 16.6 Å². The highest BCUT2D eigenvalue weighted by Crippen LogP contribution is 2.37. The second-order valence-electron chi connectivity index (χ2n) is 7.52. The van der Waals surface area contributed by atoms with Crippen LogP contribution in [0.3, 0.4) is 0 Å². The second kappa shape index (κ2) is 7.98. The average molecular weight is 373 g/mol. The van der Waals surface area contributed by atoms with Crippen molar-refractivity contribution in [3.05, 3.63) is 29.2 Å². The number of likely N-dealkylation sites (tertiary alicyclic amines) is 1. The number of nitrogens with zero attached hydrogens (tertiary/aromatic N) is 2. The summed E-state index contributed by atoms with van der Waals surface area (Å²) in [6.45, 7) is 3.92. The summed E-state index contributed by atoms with van der Waals surface area (Å²) in [5, 5.41) is 4.76. The molecule has 2 heterocycles. The van der Waals surface area contributed by atoms with Crippen LogP contribution in [0.1, 0.15) is 30.5 Å². The molecular formula is C21H28FN3O2. The van der Waals surface area contributed by atoms with Gasteiger partial charge in [-0.05, 0) is 43.7 Å². The summed E-state index contributed by atoms with van der Waals surface area (Å²) >= 11 is 0. The fourth-order valence-corrected chi connectivity index (χ4v) is 4.31. The molecule has 1 fully saturated rings. The molecule has 0 amide bonds. The maximum absolute atomic E-state index is 14.2. The lowest BCUT2D eigenvalue weighted by molar-refractivity contribution is 0.132. The lowest BCUT2D eigenvalue weighted by Gasteiger charge is -2.33.